The molecule has 1 aromatic rings. The molecule has 15 heavy (non-hydrogen) atoms. The lowest BCUT2D eigenvalue weighted by molar-refractivity contribution is 0.358. The van der Waals surface area contributed by atoms with Crippen molar-refractivity contribution in [2.75, 3.05) is 25.6 Å². The summed E-state index contributed by atoms with van der Waals surface area (Å²) in [6.07, 6.45) is 0. The van der Waals surface area contributed by atoms with Gasteiger partial charge < -0.3 is 9.64 Å². The second-order valence-corrected chi connectivity index (χ2v) is 4.03. The number of hydrogen-bond acceptors (Lipinski definition) is 5. The monoisotopic (exact) mass is 333 g/mol. The predicted molar refractivity (Wildman–Crippen MR) is 68.4 cm³/mol. The summed E-state index contributed by atoms with van der Waals surface area (Å²) in [5.74, 6) is 3.11. The molecule has 0 unspecified atom stereocenters. The molecule has 0 aliphatic heterocycles. The van der Waals surface area contributed by atoms with Gasteiger partial charge in [-0.3, -0.25) is 0 Å². The average Bonchev–Trinajstić information content (AvgIpc) is 2.61. The molecule has 0 fully saturated rings. The Kier molecular flexibility index (Phi) is 4.66. The molecule has 0 bridgehead atoms. The third kappa shape index (κ3) is 2.98. The molecule has 0 amide bonds. The zero-order chi connectivity index (χ0) is 11.3. The minimum absolute atomic E-state index is 0.258. The number of halogens is 1. The fourth-order valence-corrected chi connectivity index (χ4v) is 1.76. The van der Waals surface area contributed by atoms with E-state index >= 15 is 0 Å². The molecule has 1 aromatic heterocycles. The van der Waals surface area contributed by atoms with E-state index in [4.69, 9.17) is 10.00 Å². The van der Waals surface area contributed by atoms with E-state index in [1.807, 2.05) is 41.6 Å². The van der Waals surface area contributed by atoms with E-state index in [1.165, 1.54) is 11.5 Å². The van der Waals surface area contributed by atoms with Gasteiger partial charge in [-0.1, -0.05) is 5.92 Å². The highest BCUT2D eigenvalue weighted by atomic mass is 127. The summed E-state index contributed by atoms with van der Waals surface area (Å²) < 4.78 is 12.0. The Bertz CT molecular complexity index is 438. The van der Waals surface area contributed by atoms with E-state index in [-0.39, 0.29) is 6.61 Å². The number of rotatable bonds is 3. The van der Waals surface area contributed by atoms with E-state index in [2.05, 4.69) is 20.3 Å². The van der Waals surface area contributed by atoms with Crippen LogP contribution in [0.3, 0.4) is 0 Å². The van der Waals surface area contributed by atoms with Gasteiger partial charge in [0.2, 0.25) is 5.88 Å². The van der Waals surface area contributed by atoms with Gasteiger partial charge in [0.15, 0.2) is 12.2 Å². The highest BCUT2D eigenvalue weighted by Gasteiger charge is 2.15. The average molecular weight is 333 g/mol. The van der Waals surface area contributed by atoms with Crippen LogP contribution < -0.4 is 9.64 Å². The Morgan fingerprint density at radius 1 is 1.60 bits per heavy atom. The third-order valence-corrected chi connectivity index (χ3v) is 2.89. The quantitative estimate of drug-likeness (QED) is 0.626. The molecule has 78 valence electrons. The maximum atomic E-state index is 8.97. The first kappa shape index (κ1) is 12.1. The van der Waals surface area contributed by atoms with Crippen molar-refractivity contribution >= 4 is 39.1 Å². The molecule has 0 N–H and O–H groups in total. The lowest BCUT2D eigenvalue weighted by atomic mass is 10.3. The van der Waals surface area contributed by atoms with Gasteiger partial charge in [-0.05, 0) is 15.5 Å². The molecule has 0 saturated carbocycles. The Hall–Kier alpha value is -0.990. The zero-order valence-electron chi connectivity index (χ0n) is 8.24. The lowest BCUT2D eigenvalue weighted by Gasteiger charge is -2.07. The van der Waals surface area contributed by atoms with Gasteiger partial charge in [0, 0.05) is 36.7 Å². The predicted octanol–water partition coefficient (Wildman–Crippen LogP) is 1.86. The highest BCUT2D eigenvalue weighted by Crippen LogP contribution is 2.31. The van der Waals surface area contributed by atoms with Gasteiger partial charge in [-0.25, -0.2) is 0 Å². The minimum atomic E-state index is 0.258. The second kappa shape index (κ2) is 5.79. The number of hydrogen-bond donors (Lipinski definition) is 0. The van der Waals surface area contributed by atoms with Crippen LogP contribution >= 0.6 is 34.1 Å². The summed E-state index contributed by atoms with van der Waals surface area (Å²) in [6, 6.07) is 2.08. The summed E-state index contributed by atoms with van der Waals surface area (Å²) in [5.41, 5.74) is 0.472. The highest BCUT2D eigenvalue weighted by molar-refractivity contribution is 14.1. The Balaban J connectivity index is 2.89. The van der Waals surface area contributed by atoms with Crippen LogP contribution in [0.2, 0.25) is 0 Å². The summed E-state index contributed by atoms with van der Waals surface area (Å²) in [5, 5.41) is 9.77. The van der Waals surface area contributed by atoms with Crippen LogP contribution in [-0.4, -0.2) is 25.1 Å². The molecule has 0 aliphatic carbocycles. The molecule has 0 aliphatic rings. The zero-order valence-corrected chi connectivity index (χ0v) is 11.2. The van der Waals surface area contributed by atoms with Gasteiger partial charge in [0.1, 0.15) is 11.1 Å². The lowest BCUT2D eigenvalue weighted by Crippen LogP contribution is -2.08. The van der Waals surface area contributed by atoms with Crippen LogP contribution in [0.4, 0.5) is 5.00 Å². The van der Waals surface area contributed by atoms with Crippen LogP contribution in [0.5, 0.6) is 5.88 Å². The van der Waals surface area contributed by atoms with Gasteiger partial charge in [0.25, 0.3) is 0 Å². The van der Waals surface area contributed by atoms with Gasteiger partial charge >= 0.3 is 0 Å². The second-order valence-electron chi connectivity index (χ2n) is 2.73. The van der Waals surface area contributed by atoms with Crippen molar-refractivity contribution in [1.29, 1.82) is 5.26 Å². The first-order chi connectivity index (χ1) is 7.20. The molecule has 4 nitrogen and oxygen atoms in total. The van der Waals surface area contributed by atoms with E-state index < -0.39 is 0 Å². The molecule has 0 atom stereocenters. The normalized spacial score (nSPS) is 8.67. The number of aromatic nitrogens is 1. The topological polar surface area (TPSA) is 49.2 Å². The summed E-state index contributed by atoms with van der Waals surface area (Å²) in [4.78, 5) is 1.84. The van der Waals surface area contributed by atoms with Crippen LogP contribution in [0.15, 0.2) is 0 Å². The molecule has 0 spiro atoms. The van der Waals surface area contributed by atoms with Crippen molar-refractivity contribution in [1.82, 2.24) is 4.37 Å². The molecular formula is C9H8IN3OS. The van der Waals surface area contributed by atoms with Crippen LogP contribution in [0.25, 0.3) is 0 Å². The Labute approximate surface area is 106 Å². The molecule has 1 heterocycles. The van der Waals surface area contributed by atoms with Crippen LogP contribution in [0, 0.1) is 21.2 Å². The van der Waals surface area contributed by atoms with E-state index in [0.717, 1.165) is 5.00 Å². The number of anilines is 1. The van der Waals surface area contributed by atoms with Crippen molar-refractivity contribution in [3.63, 3.8) is 0 Å². The standard InChI is InChI=1S/C9H8IN3OS/c1-13(2)9-7(6-11)8(12-15-9)14-5-3-4-10/h5H2,1-2H3. The van der Waals surface area contributed by atoms with Crippen LogP contribution in [0.1, 0.15) is 5.56 Å². The number of nitrogens with zero attached hydrogens (tertiary/aromatic N) is 3. The maximum absolute atomic E-state index is 8.97. The molecule has 1 rings (SSSR count). The van der Waals surface area contributed by atoms with Gasteiger partial charge in [-0.2, -0.15) is 9.64 Å². The molecule has 0 aromatic carbocycles. The Morgan fingerprint density at radius 3 is 2.87 bits per heavy atom. The van der Waals surface area contributed by atoms with Crippen molar-refractivity contribution < 1.29 is 4.74 Å². The number of ether oxygens (including phenoxy) is 1. The molecular weight excluding hydrogens is 325 g/mol. The van der Waals surface area contributed by atoms with Gasteiger partial charge in [0.05, 0.1) is 0 Å². The Morgan fingerprint density at radius 2 is 2.33 bits per heavy atom. The van der Waals surface area contributed by atoms with E-state index in [0.29, 0.717) is 11.4 Å². The maximum Gasteiger partial charge on any atom is 0.246 e. The smallest absolute Gasteiger partial charge is 0.246 e. The van der Waals surface area contributed by atoms with Crippen LogP contribution in [-0.2, 0) is 0 Å². The number of nitriles is 1. The molecule has 0 saturated heterocycles. The van der Waals surface area contributed by atoms with Gasteiger partial charge in [-0.15, -0.1) is 0 Å². The summed E-state index contributed by atoms with van der Waals surface area (Å²) in [7, 11) is 3.73. The SMILES string of the molecule is CN(C)c1snc(OCC#CI)c1C#N. The summed E-state index contributed by atoms with van der Waals surface area (Å²) >= 11 is 3.18. The van der Waals surface area contributed by atoms with Crippen molar-refractivity contribution in [2.24, 2.45) is 0 Å². The molecule has 0 radical (unpaired) electrons. The van der Waals surface area contributed by atoms with Crippen molar-refractivity contribution in [3.8, 4) is 21.8 Å². The fourth-order valence-electron chi connectivity index (χ4n) is 0.899. The third-order valence-electron chi connectivity index (χ3n) is 1.51. The minimum Gasteiger partial charge on any atom is -0.463 e. The fraction of sp³-hybridized carbons (Fsp3) is 0.333. The van der Waals surface area contributed by atoms with E-state index in [9.17, 15) is 0 Å². The van der Waals surface area contributed by atoms with E-state index in [1.54, 1.807) is 0 Å². The van der Waals surface area contributed by atoms with Crippen molar-refractivity contribution in [2.45, 2.75) is 0 Å². The van der Waals surface area contributed by atoms with Crippen molar-refractivity contribution in [3.05, 3.63) is 5.56 Å². The first-order valence-electron chi connectivity index (χ1n) is 3.99. The largest absolute Gasteiger partial charge is 0.463 e. The summed E-state index contributed by atoms with van der Waals surface area (Å²) in [6.45, 7) is 0.258. The first-order valence-corrected chi connectivity index (χ1v) is 5.84. The molecule has 6 heteroatoms.